The summed E-state index contributed by atoms with van der Waals surface area (Å²) in [5, 5.41) is 3.40. The number of carbonyl (C=O) groups is 1. The summed E-state index contributed by atoms with van der Waals surface area (Å²) in [4.78, 5) is 14.1. The van der Waals surface area contributed by atoms with Crippen LogP contribution in [0.15, 0.2) is 0 Å². The van der Waals surface area contributed by atoms with Gasteiger partial charge in [0.2, 0.25) is 5.91 Å². The lowest BCUT2D eigenvalue weighted by molar-refractivity contribution is -0.131. The second kappa shape index (κ2) is 9.05. The second-order valence-corrected chi connectivity index (χ2v) is 6.41. The van der Waals surface area contributed by atoms with Gasteiger partial charge in [0.25, 0.3) is 0 Å². The third kappa shape index (κ3) is 5.81. The summed E-state index contributed by atoms with van der Waals surface area (Å²) in [6, 6.07) is 0.732. The molecule has 1 saturated heterocycles. The molecule has 1 amide bonds. The number of nitrogens with one attached hydrogen (secondary N) is 1. The number of rotatable bonds is 5. The van der Waals surface area contributed by atoms with Crippen molar-refractivity contribution in [3.05, 3.63) is 0 Å². The van der Waals surface area contributed by atoms with Crippen molar-refractivity contribution in [2.45, 2.75) is 46.2 Å². The van der Waals surface area contributed by atoms with Crippen molar-refractivity contribution in [2.24, 2.45) is 5.92 Å². The Morgan fingerprint density at radius 2 is 2.11 bits per heavy atom. The van der Waals surface area contributed by atoms with Crippen LogP contribution in [0.3, 0.4) is 0 Å². The number of carbonyl (C=O) groups excluding carboxylic acids is 1. The predicted octanol–water partition coefficient (Wildman–Crippen LogP) is 2.40. The number of halogens is 1. The first-order valence-electron chi connectivity index (χ1n) is 6.63. The smallest absolute Gasteiger partial charge is 0.232 e. The number of piperazine rings is 1. The van der Waals surface area contributed by atoms with Crippen LogP contribution in [-0.4, -0.2) is 47.5 Å². The van der Waals surface area contributed by atoms with Gasteiger partial charge in [0.05, 0.1) is 5.75 Å². The van der Waals surface area contributed by atoms with E-state index in [0.717, 1.165) is 24.8 Å². The van der Waals surface area contributed by atoms with E-state index < -0.39 is 0 Å². The Labute approximate surface area is 122 Å². The summed E-state index contributed by atoms with van der Waals surface area (Å²) < 4.78 is 0. The predicted molar refractivity (Wildman–Crippen MR) is 82.7 cm³/mol. The van der Waals surface area contributed by atoms with Gasteiger partial charge in [-0.1, -0.05) is 13.8 Å². The number of hydrogen-bond donors (Lipinski definition) is 1. The highest BCUT2D eigenvalue weighted by atomic mass is 35.5. The number of nitrogens with zero attached hydrogens (tertiary/aromatic N) is 1. The first-order valence-corrected chi connectivity index (χ1v) is 7.78. The average molecular weight is 295 g/mol. The zero-order valence-electron chi connectivity index (χ0n) is 11.9. The third-order valence-electron chi connectivity index (χ3n) is 3.42. The van der Waals surface area contributed by atoms with Gasteiger partial charge in [-0.25, -0.2) is 0 Å². The average Bonchev–Trinajstić information content (AvgIpc) is 2.27. The van der Waals surface area contributed by atoms with Gasteiger partial charge in [-0.2, -0.15) is 11.8 Å². The molecule has 1 N–H and O–H groups in total. The number of amides is 1. The fourth-order valence-corrected chi connectivity index (χ4v) is 3.09. The van der Waals surface area contributed by atoms with E-state index in [1.165, 1.54) is 6.42 Å². The molecule has 1 heterocycles. The molecule has 18 heavy (non-hydrogen) atoms. The monoisotopic (exact) mass is 294 g/mol. The molecule has 2 atom stereocenters. The zero-order chi connectivity index (χ0) is 12.8. The second-order valence-electron chi connectivity index (χ2n) is 5.31. The molecule has 3 nitrogen and oxygen atoms in total. The Morgan fingerprint density at radius 3 is 2.72 bits per heavy atom. The molecule has 1 aliphatic rings. The van der Waals surface area contributed by atoms with Gasteiger partial charge in [0, 0.05) is 25.2 Å². The summed E-state index contributed by atoms with van der Waals surface area (Å²) in [6.45, 7) is 10.5. The minimum absolute atomic E-state index is 0. The molecular formula is C13H27ClN2OS. The first kappa shape index (κ1) is 18.1. The summed E-state index contributed by atoms with van der Waals surface area (Å²) in [6.07, 6.45) is 1.20. The largest absolute Gasteiger partial charge is 0.336 e. The highest BCUT2D eigenvalue weighted by molar-refractivity contribution is 7.99. The molecule has 0 aliphatic carbocycles. The van der Waals surface area contributed by atoms with Crippen LogP contribution in [0, 0.1) is 5.92 Å². The fraction of sp³-hybridized carbons (Fsp3) is 0.923. The lowest BCUT2D eigenvalue weighted by atomic mass is 10.1. The molecule has 2 unspecified atom stereocenters. The van der Waals surface area contributed by atoms with Gasteiger partial charge >= 0.3 is 0 Å². The van der Waals surface area contributed by atoms with Crippen molar-refractivity contribution < 1.29 is 4.79 Å². The number of hydrogen-bond acceptors (Lipinski definition) is 3. The van der Waals surface area contributed by atoms with Crippen LogP contribution >= 0.6 is 24.2 Å². The van der Waals surface area contributed by atoms with Crippen LogP contribution in [0.4, 0.5) is 0 Å². The van der Waals surface area contributed by atoms with Crippen LogP contribution < -0.4 is 5.32 Å². The lowest BCUT2D eigenvalue weighted by Gasteiger charge is -2.38. The van der Waals surface area contributed by atoms with E-state index in [9.17, 15) is 4.79 Å². The van der Waals surface area contributed by atoms with Crippen LogP contribution in [0.5, 0.6) is 0 Å². The van der Waals surface area contributed by atoms with Crippen molar-refractivity contribution >= 4 is 30.1 Å². The van der Waals surface area contributed by atoms with E-state index in [-0.39, 0.29) is 12.4 Å². The quantitative estimate of drug-likeness (QED) is 0.790. The molecule has 0 radical (unpaired) electrons. The Bertz CT molecular complexity index is 251. The van der Waals surface area contributed by atoms with Crippen LogP contribution in [-0.2, 0) is 4.79 Å². The Balaban J connectivity index is 0.00000289. The van der Waals surface area contributed by atoms with Crippen molar-refractivity contribution in [2.75, 3.05) is 24.6 Å². The highest BCUT2D eigenvalue weighted by Gasteiger charge is 2.27. The summed E-state index contributed by atoms with van der Waals surface area (Å²) in [7, 11) is 0. The molecule has 0 aromatic heterocycles. The van der Waals surface area contributed by atoms with E-state index in [2.05, 4.69) is 33.0 Å². The van der Waals surface area contributed by atoms with E-state index >= 15 is 0 Å². The van der Waals surface area contributed by atoms with Gasteiger partial charge in [0.1, 0.15) is 0 Å². The standard InChI is InChI=1S/C13H26N2OS.ClH/c1-10(2)5-8-17-9-13(16)15-7-6-14-11(3)12(15)4;/h10-12,14H,5-9H2,1-4H3;1H. The van der Waals surface area contributed by atoms with Gasteiger partial charge in [0.15, 0.2) is 0 Å². The summed E-state index contributed by atoms with van der Waals surface area (Å²) in [5.41, 5.74) is 0. The van der Waals surface area contributed by atoms with E-state index in [1.807, 2.05) is 4.90 Å². The zero-order valence-corrected chi connectivity index (χ0v) is 13.6. The Kier molecular flexibility index (Phi) is 9.09. The van der Waals surface area contributed by atoms with E-state index in [1.54, 1.807) is 11.8 Å². The minimum atomic E-state index is 0. The van der Waals surface area contributed by atoms with E-state index in [0.29, 0.717) is 23.7 Å². The lowest BCUT2D eigenvalue weighted by Crippen LogP contribution is -2.57. The third-order valence-corrected chi connectivity index (χ3v) is 4.40. The highest BCUT2D eigenvalue weighted by Crippen LogP contribution is 2.13. The van der Waals surface area contributed by atoms with Crippen LogP contribution in [0.1, 0.15) is 34.1 Å². The molecule has 5 heteroatoms. The fourth-order valence-electron chi connectivity index (χ4n) is 1.97. The molecule has 0 spiro atoms. The summed E-state index contributed by atoms with van der Waals surface area (Å²) in [5.74, 6) is 2.78. The molecule has 1 rings (SSSR count). The first-order chi connectivity index (χ1) is 8.02. The van der Waals surface area contributed by atoms with Crippen molar-refractivity contribution in [1.82, 2.24) is 10.2 Å². The molecule has 1 fully saturated rings. The maximum atomic E-state index is 12.1. The number of thioether (sulfide) groups is 1. The molecule has 108 valence electrons. The Morgan fingerprint density at radius 1 is 1.44 bits per heavy atom. The molecule has 0 aromatic carbocycles. The van der Waals surface area contributed by atoms with Gasteiger partial charge < -0.3 is 10.2 Å². The molecule has 1 aliphatic heterocycles. The topological polar surface area (TPSA) is 32.3 Å². The SMILES string of the molecule is CC(C)CCSCC(=O)N1CCNC(C)C1C.Cl. The van der Waals surface area contributed by atoms with Crippen molar-refractivity contribution in [1.29, 1.82) is 0 Å². The molecule has 0 bridgehead atoms. The minimum Gasteiger partial charge on any atom is -0.336 e. The van der Waals surface area contributed by atoms with Crippen LogP contribution in [0.25, 0.3) is 0 Å². The van der Waals surface area contributed by atoms with Crippen molar-refractivity contribution in [3.63, 3.8) is 0 Å². The van der Waals surface area contributed by atoms with Crippen LogP contribution in [0.2, 0.25) is 0 Å². The van der Waals surface area contributed by atoms with Gasteiger partial charge in [-0.15, -0.1) is 12.4 Å². The maximum Gasteiger partial charge on any atom is 0.232 e. The van der Waals surface area contributed by atoms with Gasteiger partial charge in [-0.3, -0.25) is 4.79 Å². The molecule has 0 aromatic rings. The van der Waals surface area contributed by atoms with E-state index in [4.69, 9.17) is 0 Å². The maximum absolute atomic E-state index is 12.1. The molecular weight excluding hydrogens is 268 g/mol. The van der Waals surface area contributed by atoms with Gasteiger partial charge in [-0.05, 0) is 31.9 Å². The summed E-state index contributed by atoms with van der Waals surface area (Å²) >= 11 is 1.77. The molecule has 0 saturated carbocycles. The van der Waals surface area contributed by atoms with Crippen molar-refractivity contribution in [3.8, 4) is 0 Å². The normalized spacial score (nSPS) is 23.9. The Hall–Kier alpha value is 0.0700.